The van der Waals surface area contributed by atoms with Crippen LogP contribution in [0.2, 0.25) is 0 Å². The largest absolute Gasteiger partial charge is 0.317 e. The molecule has 0 aromatic carbocycles. The minimum Gasteiger partial charge on any atom is -0.317 e. The smallest absolute Gasteiger partial charge is 0.00664 e. The quantitative estimate of drug-likeness (QED) is 0.647. The predicted octanol–water partition coefficient (Wildman–Crippen LogP) is 3.06. The molecule has 0 rings (SSSR count). The van der Waals surface area contributed by atoms with Crippen LogP contribution in [0.4, 0.5) is 0 Å². The summed E-state index contributed by atoms with van der Waals surface area (Å²) in [5, 5.41) is 3.36. The number of hydrogen-bond donors (Lipinski definition) is 1. The second-order valence-corrected chi connectivity index (χ2v) is 3.92. The molecule has 0 amide bonds. The molecule has 0 heterocycles. The molecule has 0 saturated heterocycles. The minimum absolute atomic E-state index is 0.663. The van der Waals surface area contributed by atoms with Gasteiger partial charge in [0.25, 0.3) is 0 Å². The van der Waals surface area contributed by atoms with Crippen molar-refractivity contribution in [1.82, 2.24) is 5.32 Å². The van der Waals surface area contributed by atoms with E-state index in [1.807, 2.05) is 0 Å². The van der Waals surface area contributed by atoms with Crippen molar-refractivity contribution in [2.45, 2.75) is 53.0 Å². The van der Waals surface area contributed by atoms with E-state index in [1.54, 1.807) is 0 Å². The van der Waals surface area contributed by atoms with Crippen molar-refractivity contribution in [3.63, 3.8) is 0 Å². The van der Waals surface area contributed by atoms with Crippen LogP contribution in [0.3, 0.4) is 0 Å². The van der Waals surface area contributed by atoms with Gasteiger partial charge in [-0.15, -0.1) is 0 Å². The molecular formula is C11H25N. The Balaban J connectivity index is 3.94. The van der Waals surface area contributed by atoms with Crippen LogP contribution in [-0.2, 0) is 0 Å². The summed E-state index contributed by atoms with van der Waals surface area (Å²) in [6, 6.07) is 0.663. The van der Waals surface area contributed by atoms with E-state index in [4.69, 9.17) is 0 Å². The van der Waals surface area contributed by atoms with E-state index in [-0.39, 0.29) is 0 Å². The van der Waals surface area contributed by atoms with E-state index in [0.29, 0.717) is 6.04 Å². The van der Waals surface area contributed by atoms with Gasteiger partial charge in [0, 0.05) is 6.04 Å². The van der Waals surface area contributed by atoms with Crippen molar-refractivity contribution < 1.29 is 0 Å². The maximum atomic E-state index is 3.36. The molecule has 1 unspecified atom stereocenters. The third-order valence-corrected chi connectivity index (χ3v) is 3.04. The molecule has 0 fully saturated rings. The summed E-state index contributed by atoms with van der Waals surface area (Å²) in [6.45, 7) is 9.24. The Morgan fingerprint density at radius 3 is 2.08 bits per heavy atom. The Labute approximate surface area is 77.9 Å². The summed E-state index contributed by atoms with van der Waals surface area (Å²) in [6.07, 6.45) is 3.97. The van der Waals surface area contributed by atoms with Crippen molar-refractivity contribution in [3.8, 4) is 0 Å². The Hall–Kier alpha value is -0.0400. The van der Waals surface area contributed by atoms with Crippen molar-refractivity contribution >= 4 is 0 Å². The van der Waals surface area contributed by atoms with Gasteiger partial charge in [-0.1, -0.05) is 40.0 Å². The van der Waals surface area contributed by atoms with Crippen LogP contribution in [-0.4, -0.2) is 13.1 Å². The number of hydrogen-bond acceptors (Lipinski definition) is 1. The molecule has 1 heteroatoms. The maximum Gasteiger partial charge on any atom is 0.00664 e. The van der Waals surface area contributed by atoms with E-state index in [9.17, 15) is 0 Å². The van der Waals surface area contributed by atoms with Crippen molar-refractivity contribution in [2.24, 2.45) is 11.8 Å². The van der Waals surface area contributed by atoms with Crippen LogP contribution < -0.4 is 5.32 Å². The van der Waals surface area contributed by atoms with Gasteiger partial charge in [-0.05, 0) is 25.8 Å². The Kier molecular flexibility index (Phi) is 6.45. The number of nitrogens with one attached hydrogen (secondary N) is 1. The molecular weight excluding hydrogens is 146 g/mol. The lowest BCUT2D eigenvalue weighted by atomic mass is 9.83. The third-order valence-electron chi connectivity index (χ3n) is 3.04. The van der Waals surface area contributed by atoms with Gasteiger partial charge in [0.2, 0.25) is 0 Å². The van der Waals surface area contributed by atoms with Crippen LogP contribution in [0.15, 0.2) is 0 Å². The molecule has 74 valence electrons. The van der Waals surface area contributed by atoms with Crippen LogP contribution in [0.25, 0.3) is 0 Å². The Bertz CT molecular complexity index is 101. The summed E-state index contributed by atoms with van der Waals surface area (Å²) in [7, 11) is 2.06. The zero-order chi connectivity index (χ0) is 9.56. The summed E-state index contributed by atoms with van der Waals surface area (Å²) in [5.74, 6) is 1.71. The lowest BCUT2D eigenvalue weighted by molar-refractivity contribution is 0.262. The fraction of sp³-hybridized carbons (Fsp3) is 1.00. The van der Waals surface area contributed by atoms with Gasteiger partial charge in [0.05, 0.1) is 0 Å². The predicted molar refractivity (Wildman–Crippen MR) is 56.4 cm³/mol. The zero-order valence-corrected chi connectivity index (χ0v) is 9.35. The van der Waals surface area contributed by atoms with Crippen molar-refractivity contribution in [3.05, 3.63) is 0 Å². The topological polar surface area (TPSA) is 12.0 Å². The molecule has 0 radical (unpaired) electrons. The second kappa shape index (κ2) is 6.47. The highest BCUT2D eigenvalue weighted by atomic mass is 14.9. The molecule has 0 aliphatic rings. The summed E-state index contributed by atoms with van der Waals surface area (Å²) < 4.78 is 0. The minimum atomic E-state index is 0.663. The van der Waals surface area contributed by atoms with E-state index >= 15 is 0 Å². The first-order valence-corrected chi connectivity index (χ1v) is 5.34. The van der Waals surface area contributed by atoms with Gasteiger partial charge in [-0.2, -0.15) is 0 Å². The third kappa shape index (κ3) is 3.57. The van der Waals surface area contributed by atoms with Crippen LogP contribution in [0.1, 0.15) is 47.0 Å². The number of rotatable bonds is 6. The molecule has 0 saturated carbocycles. The maximum absolute atomic E-state index is 3.36. The van der Waals surface area contributed by atoms with Crippen molar-refractivity contribution in [1.29, 1.82) is 0 Å². The molecule has 0 spiro atoms. The summed E-state index contributed by atoms with van der Waals surface area (Å²) >= 11 is 0. The van der Waals surface area contributed by atoms with Gasteiger partial charge in [0.15, 0.2) is 0 Å². The first-order valence-electron chi connectivity index (χ1n) is 5.34. The second-order valence-electron chi connectivity index (χ2n) is 3.92. The first kappa shape index (κ1) is 12.0. The van der Waals surface area contributed by atoms with Gasteiger partial charge in [0.1, 0.15) is 0 Å². The zero-order valence-electron chi connectivity index (χ0n) is 9.35. The van der Waals surface area contributed by atoms with E-state index in [2.05, 4.69) is 40.1 Å². The van der Waals surface area contributed by atoms with Gasteiger partial charge < -0.3 is 5.32 Å². The molecule has 0 aliphatic heterocycles. The SMILES string of the molecule is CCC[C@@H](C)C(CC)[C@@H](C)NC. The highest BCUT2D eigenvalue weighted by molar-refractivity contribution is 4.74. The lowest BCUT2D eigenvalue weighted by Crippen LogP contribution is -2.34. The van der Waals surface area contributed by atoms with Crippen LogP contribution >= 0.6 is 0 Å². The summed E-state index contributed by atoms with van der Waals surface area (Å²) in [4.78, 5) is 0. The monoisotopic (exact) mass is 171 g/mol. The highest BCUT2D eigenvalue weighted by Gasteiger charge is 2.19. The molecule has 1 nitrogen and oxygen atoms in total. The molecule has 0 aromatic heterocycles. The molecule has 0 aliphatic carbocycles. The normalized spacial score (nSPS) is 18.8. The van der Waals surface area contributed by atoms with Gasteiger partial charge >= 0.3 is 0 Å². The fourth-order valence-electron chi connectivity index (χ4n) is 2.13. The molecule has 1 N–H and O–H groups in total. The first-order chi connectivity index (χ1) is 5.67. The Morgan fingerprint density at radius 2 is 1.75 bits per heavy atom. The Morgan fingerprint density at radius 1 is 1.17 bits per heavy atom. The van der Waals surface area contributed by atoms with E-state index < -0.39 is 0 Å². The van der Waals surface area contributed by atoms with Gasteiger partial charge in [-0.3, -0.25) is 0 Å². The molecule has 0 aromatic rings. The standard InChI is InChI=1S/C11H25N/c1-6-8-9(3)11(7-2)10(4)12-5/h9-12H,6-8H2,1-5H3/t9-,10-,11?/m1/s1. The van der Waals surface area contributed by atoms with Crippen molar-refractivity contribution in [2.75, 3.05) is 7.05 Å². The highest BCUT2D eigenvalue weighted by Crippen LogP contribution is 2.23. The lowest BCUT2D eigenvalue weighted by Gasteiger charge is -2.28. The molecule has 0 bridgehead atoms. The van der Waals surface area contributed by atoms with E-state index in [0.717, 1.165) is 11.8 Å². The average Bonchev–Trinajstić information content (AvgIpc) is 2.06. The molecule has 3 atom stereocenters. The average molecular weight is 171 g/mol. The van der Waals surface area contributed by atoms with Gasteiger partial charge in [-0.25, -0.2) is 0 Å². The summed E-state index contributed by atoms with van der Waals surface area (Å²) in [5.41, 5.74) is 0. The van der Waals surface area contributed by atoms with Crippen LogP contribution in [0, 0.1) is 11.8 Å². The van der Waals surface area contributed by atoms with Crippen LogP contribution in [0.5, 0.6) is 0 Å². The van der Waals surface area contributed by atoms with E-state index in [1.165, 1.54) is 19.3 Å². The molecule has 12 heavy (non-hydrogen) atoms. The fourth-order valence-corrected chi connectivity index (χ4v) is 2.13.